The minimum Gasteiger partial charge on any atom is -0.486 e. The zero-order valence-electron chi connectivity index (χ0n) is 13.9. The molecule has 0 unspecified atom stereocenters. The van der Waals surface area contributed by atoms with E-state index in [9.17, 15) is 9.18 Å². The summed E-state index contributed by atoms with van der Waals surface area (Å²) in [6.07, 6.45) is 1.63. The maximum atomic E-state index is 12.9. The molecule has 3 aromatic rings. The SMILES string of the molecule is CCn1c(COc2ccc(F)cc2)nnc1SCC(=O)Nc1nccs1. The second kappa shape index (κ2) is 8.77. The van der Waals surface area contributed by atoms with Crippen molar-refractivity contribution in [2.24, 2.45) is 0 Å². The summed E-state index contributed by atoms with van der Waals surface area (Å²) < 4.78 is 20.4. The minimum absolute atomic E-state index is 0.153. The molecule has 1 N–H and O–H groups in total. The van der Waals surface area contributed by atoms with Crippen LogP contribution in [-0.4, -0.2) is 31.4 Å². The molecule has 1 amide bonds. The fourth-order valence-electron chi connectivity index (χ4n) is 2.10. The number of halogens is 1. The van der Waals surface area contributed by atoms with Crippen molar-refractivity contribution in [2.45, 2.75) is 25.2 Å². The Morgan fingerprint density at radius 1 is 1.35 bits per heavy atom. The average molecular weight is 393 g/mol. The van der Waals surface area contributed by atoms with Crippen molar-refractivity contribution >= 4 is 34.1 Å². The van der Waals surface area contributed by atoms with Gasteiger partial charge in [0, 0.05) is 18.1 Å². The van der Waals surface area contributed by atoms with Crippen LogP contribution in [0.4, 0.5) is 9.52 Å². The van der Waals surface area contributed by atoms with Gasteiger partial charge in [-0.25, -0.2) is 9.37 Å². The third kappa shape index (κ3) is 4.79. The molecule has 0 spiro atoms. The Bertz CT molecular complexity index is 852. The molecule has 0 aliphatic heterocycles. The lowest BCUT2D eigenvalue weighted by Gasteiger charge is -2.08. The van der Waals surface area contributed by atoms with E-state index in [1.165, 1.54) is 35.2 Å². The summed E-state index contributed by atoms with van der Waals surface area (Å²) in [5, 5.41) is 14.0. The summed E-state index contributed by atoms with van der Waals surface area (Å²) in [5.74, 6) is 0.925. The zero-order chi connectivity index (χ0) is 18.4. The van der Waals surface area contributed by atoms with Gasteiger partial charge in [0.2, 0.25) is 5.91 Å². The maximum absolute atomic E-state index is 12.9. The predicted molar refractivity (Wildman–Crippen MR) is 97.9 cm³/mol. The van der Waals surface area contributed by atoms with Crippen LogP contribution in [0.5, 0.6) is 5.75 Å². The molecule has 3 rings (SSSR count). The summed E-state index contributed by atoms with van der Waals surface area (Å²) in [4.78, 5) is 16.0. The first-order valence-corrected chi connectivity index (χ1v) is 9.65. The average Bonchev–Trinajstić information content (AvgIpc) is 3.28. The molecule has 136 valence electrons. The fraction of sp³-hybridized carbons (Fsp3) is 0.250. The topological polar surface area (TPSA) is 81.9 Å². The molecule has 0 bridgehead atoms. The summed E-state index contributed by atoms with van der Waals surface area (Å²) in [7, 11) is 0. The minimum atomic E-state index is -0.316. The van der Waals surface area contributed by atoms with E-state index in [0.29, 0.717) is 28.4 Å². The van der Waals surface area contributed by atoms with Crippen LogP contribution in [0.1, 0.15) is 12.7 Å². The Morgan fingerprint density at radius 2 is 2.15 bits per heavy atom. The van der Waals surface area contributed by atoms with Crippen molar-refractivity contribution < 1.29 is 13.9 Å². The number of carbonyl (C=O) groups excluding carboxylic acids is 1. The molecule has 0 aliphatic carbocycles. The highest BCUT2D eigenvalue weighted by atomic mass is 32.2. The van der Waals surface area contributed by atoms with Crippen molar-refractivity contribution in [3.05, 3.63) is 47.5 Å². The van der Waals surface area contributed by atoms with E-state index >= 15 is 0 Å². The summed E-state index contributed by atoms with van der Waals surface area (Å²) in [5.41, 5.74) is 0. The van der Waals surface area contributed by atoms with Gasteiger partial charge in [0.15, 0.2) is 16.1 Å². The van der Waals surface area contributed by atoms with Gasteiger partial charge >= 0.3 is 0 Å². The van der Waals surface area contributed by atoms with E-state index in [0.717, 1.165) is 0 Å². The normalized spacial score (nSPS) is 10.7. The standard InChI is InChI=1S/C16H16FN5O2S2/c1-2-22-13(9-24-12-5-3-11(17)4-6-12)20-21-16(22)26-10-14(23)19-15-18-7-8-25-15/h3-8H,2,9-10H2,1H3,(H,18,19,23). The zero-order valence-corrected chi connectivity index (χ0v) is 15.5. The number of thioether (sulfide) groups is 1. The van der Waals surface area contributed by atoms with Crippen molar-refractivity contribution in [2.75, 3.05) is 11.1 Å². The number of rotatable bonds is 8. The summed E-state index contributed by atoms with van der Waals surface area (Å²) >= 11 is 2.66. The first kappa shape index (κ1) is 18.3. The highest BCUT2D eigenvalue weighted by Crippen LogP contribution is 2.19. The Kier molecular flexibility index (Phi) is 6.18. The van der Waals surface area contributed by atoms with E-state index < -0.39 is 0 Å². The molecule has 0 fully saturated rings. The lowest BCUT2D eigenvalue weighted by molar-refractivity contribution is -0.113. The van der Waals surface area contributed by atoms with Crippen molar-refractivity contribution in [3.8, 4) is 5.75 Å². The summed E-state index contributed by atoms with van der Waals surface area (Å²) in [6.45, 7) is 2.81. The Balaban J connectivity index is 1.56. The van der Waals surface area contributed by atoms with Crippen LogP contribution in [0, 0.1) is 5.82 Å². The number of aromatic nitrogens is 4. The molecule has 0 atom stereocenters. The van der Waals surface area contributed by atoms with Crippen molar-refractivity contribution in [1.29, 1.82) is 0 Å². The van der Waals surface area contributed by atoms with E-state index in [4.69, 9.17) is 4.74 Å². The van der Waals surface area contributed by atoms with Gasteiger partial charge in [-0.2, -0.15) is 0 Å². The number of amides is 1. The number of anilines is 1. The number of thiazole rings is 1. The quantitative estimate of drug-likeness (QED) is 0.592. The van der Waals surface area contributed by atoms with Gasteiger partial charge < -0.3 is 14.6 Å². The van der Waals surface area contributed by atoms with Crippen molar-refractivity contribution in [1.82, 2.24) is 19.7 Å². The van der Waals surface area contributed by atoms with E-state index in [1.54, 1.807) is 23.7 Å². The van der Waals surface area contributed by atoms with Crippen LogP contribution in [0.3, 0.4) is 0 Å². The highest BCUT2D eigenvalue weighted by Gasteiger charge is 2.14. The van der Waals surface area contributed by atoms with Crippen LogP contribution >= 0.6 is 23.1 Å². The predicted octanol–water partition coefficient (Wildman–Crippen LogP) is 3.20. The molecule has 0 radical (unpaired) electrons. The number of carbonyl (C=O) groups is 1. The lowest BCUT2D eigenvalue weighted by Crippen LogP contribution is -2.14. The van der Waals surface area contributed by atoms with Gasteiger partial charge in [-0.15, -0.1) is 21.5 Å². The highest BCUT2D eigenvalue weighted by molar-refractivity contribution is 7.99. The third-order valence-corrected chi connectivity index (χ3v) is 4.96. The molecule has 0 saturated carbocycles. The van der Waals surface area contributed by atoms with Crippen LogP contribution in [0.25, 0.3) is 0 Å². The molecule has 2 aromatic heterocycles. The lowest BCUT2D eigenvalue weighted by atomic mass is 10.3. The van der Waals surface area contributed by atoms with Gasteiger partial charge in [-0.3, -0.25) is 4.79 Å². The van der Waals surface area contributed by atoms with Crippen LogP contribution in [0.2, 0.25) is 0 Å². The second-order valence-corrected chi connectivity index (χ2v) is 6.90. The van der Waals surface area contributed by atoms with Crippen LogP contribution < -0.4 is 10.1 Å². The molecule has 0 aliphatic rings. The van der Waals surface area contributed by atoms with E-state index in [1.807, 2.05) is 11.5 Å². The first-order valence-electron chi connectivity index (χ1n) is 7.78. The number of nitrogens with one attached hydrogen (secondary N) is 1. The monoisotopic (exact) mass is 393 g/mol. The summed E-state index contributed by atoms with van der Waals surface area (Å²) in [6, 6.07) is 5.78. The smallest absolute Gasteiger partial charge is 0.236 e. The van der Waals surface area contributed by atoms with Gasteiger partial charge in [-0.1, -0.05) is 11.8 Å². The molecule has 7 nitrogen and oxygen atoms in total. The van der Waals surface area contributed by atoms with Gasteiger partial charge in [0.05, 0.1) is 5.75 Å². The Morgan fingerprint density at radius 3 is 2.85 bits per heavy atom. The molecular weight excluding hydrogens is 377 g/mol. The molecule has 0 saturated heterocycles. The van der Waals surface area contributed by atoms with Gasteiger partial charge in [0.1, 0.15) is 18.2 Å². The van der Waals surface area contributed by atoms with Gasteiger partial charge in [-0.05, 0) is 31.2 Å². The van der Waals surface area contributed by atoms with Crippen LogP contribution in [0.15, 0.2) is 41.0 Å². The largest absolute Gasteiger partial charge is 0.486 e. The number of hydrogen-bond donors (Lipinski definition) is 1. The second-order valence-electron chi connectivity index (χ2n) is 5.06. The number of hydrogen-bond acceptors (Lipinski definition) is 7. The number of ether oxygens (including phenoxy) is 1. The van der Waals surface area contributed by atoms with Gasteiger partial charge in [0.25, 0.3) is 0 Å². The Hall–Kier alpha value is -2.46. The fourth-order valence-corrected chi connectivity index (χ4v) is 3.47. The molecule has 1 aromatic carbocycles. The molecular formula is C16H16FN5O2S2. The maximum Gasteiger partial charge on any atom is 0.236 e. The number of nitrogens with zero attached hydrogens (tertiary/aromatic N) is 4. The van der Waals surface area contributed by atoms with Crippen LogP contribution in [-0.2, 0) is 17.9 Å². The Labute approximate surface area is 157 Å². The molecule has 10 heteroatoms. The molecule has 2 heterocycles. The first-order chi connectivity index (χ1) is 12.7. The van der Waals surface area contributed by atoms with E-state index in [-0.39, 0.29) is 24.1 Å². The third-order valence-electron chi connectivity index (χ3n) is 3.30. The van der Waals surface area contributed by atoms with E-state index in [2.05, 4.69) is 20.5 Å². The molecule has 26 heavy (non-hydrogen) atoms. The van der Waals surface area contributed by atoms with Crippen molar-refractivity contribution in [3.63, 3.8) is 0 Å². The number of benzene rings is 1.